The van der Waals surface area contributed by atoms with Crippen LogP contribution < -0.4 is 0 Å². The molecule has 0 heterocycles. The fraction of sp³-hybridized carbons (Fsp3) is 0.353. The molecule has 0 aromatic heterocycles. The second-order valence-electron chi connectivity index (χ2n) is 4.62. The van der Waals surface area contributed by atoms with Crippen LogP contribution in [0.3, 0.4) is 0 Å². The minimum atomic E-state index is 0.0722. The van der Waals surface area contributed by atoms with Crippen molar-refractivity contribution < 1.29 is 4.79 Å². The molecule has 0 saturated carbocycles. The molecule has 1 heteroatoms. The molecule has 1 aromatic rings. The Labute approximate surface area is 110 Å². The lowest BCUT2D eigenvalue weighted by Gasteiger charge is -1.96. The number of carbonyl (C=O) groups excluding carboxylic acids is 1. The highest BCUT2D eigenvalue weighted by molar-refractivity contribution is 5.94. The number of ketones is 1. The molecule has 1 rings (SSSR count). The number of benzene rings is 1. The van der Waals surface area contributed by atoms with Gasteiger partial charge in [0, 0.05) is 17.5 Å². The quantitative estimate of drug-likeness (QED) is 0.580. The summed E-state index contributed by atoms with van der Waals surface area (Å²) in [4.78, 5) is 11.1. The van der Waals surface area contributed by atoms with Crippen LogP contribution in [0.1, 0.15) is 49.5 Å². The van der Waals surface area contributed by atoms with E-state index in [1.165, 1.54) is 0 Å². The minimum Gasteiger partial charge on any atom is -0.295 e. The molecule has 1 nitrogen and oxygen atoms in total. The molecule has 0 fully saturated rings. The van der Waals surface area contributed by atoms with Crippen molar-refractivity contribution in [2.75, 3.05) is 0 Å². The highest BCUT2D eigenvalue weighted by atomic mass is 16.1. The molecule has 0 unspecified atom stereocenters. The van der Waals surface area contributed by atoms with Crippen LogP contribution in [0.15, 0.2) is 24.3 Å². The van der Waals surface area contributed by atoms with E-state index in [2.05, 4.69) is 37.5 Å². The van der Waals surface area contributed by atoms with Crippen LogP contribution in [-0.2, 0) is 0 Å². The van der Waals surface area contributed by atoms with E-state index in [0.717, 1.165) is 18.4 Å². The number of rotatable bonds is 3. The second kappa shape index (κ2) is 7.36. The van der Waals surface area contributed by atoms with Crippen LogP contribution in [0.25, 0.3) is 0 Å². The standard InChI is InChI=1S/C17H18O/c1-14(2)8-6-4-5-7-9-16-10-12-17(13-11-16)15(3)18/h10-14H,6,8H2,1-3H3. The van der Waals surface area contributed by atoms with Gasteiger partial charge in [-0.15, -0.1) is 0 Å². The van der Waals surface area contributed by atoms with Gasteiger partial charge in [-0.1, -0.05) is 37.8 Å². The van der Waals surface area contributed by atoms with Crippen molar-refractivity contribution in [1.29, 1.82) is 0 Å². The van der Waals surface area contributed by atoms with E-state index < -0.39 is 0 Å². The van der Waals surface area contributed by atoms with Gasteiger partial charge in [0.05, 0.1) is 0 Å². The van der Waals surface area contributed by atoms with Gasteiger partial charge in [0.25, 0.3) is 0 Å². The normalized spacial score (nSPS) is 9.11. The first-order valence-electron chi connectivity index (χ1n) is 6.19. The van der Waals surface area contributed by atoms with Gasteiger partial charge in [0.15, 0.2) is 5.78 Å². The highest BCUT2D eigenvalue weighted by Crippen LogP contribution is 2.03. The summed E-state index contributed by atoms with van der Waals surface area (Å²) in [5.74, 6) is 12.4. The molecule has 92 valence electrons. The molecule has 0 aliphatic carbocycles. The van der Waals surface area contributed by atoms with Crippen LogP contribution >= 0.6 is 0 Å². The molecule has 0 bridgehead atoms. The smallest absolute Gasteiger partial charge is 0.159 e. The predicted molar refractivity (Wildman–Crippen MR) is 75.2 cm³/mol. The lowest BCUT2D eigenvalue weighted by molar-refractivity contribution is 0.101. The summed E-state index contributed by atoms with van der Waals surface area (Å²) in [5, 5.41) is 0. The molecule has 1 aromatic carbocycles. The van der Waals surface area contributed by atoms with Gasteiger partial charge < -0.3 is 0 Å². The van der Waals surface area contributed by atoms with Crippen LogP contribution in [0.5, 0.6) is 0 Å². The Balaban J connectivity index is 2.55. The zero-order valence-electron chi connectivity index (χ0n) is 11.2. The Hall–Kier alpha value is -1.99. The van der Waals surface area contributed by atoms with Crippen LogP contribution in [0, 0.1) is 29.6 Å². The molecule has 0 saturated heterocycles. The Morgan fingerprint density at radius 3 is 2.39 bits per heavy atom. The third-order valence-electron chi connectivity index (χ3n) is 2.50. The summed E-state index contributed by atoms with van der Waals surface area (Å²) in [6, 6.07) is 7.27. The lowest BCUT2D eigenvalue weighted by Crippen LogP contribution is -1.90. The van der Waals surface area contributed by atoms with E-state index in [9.17, 15) is 4.79 Å². The number of hydrogen-bond acceptors (Lipinski definition) is 1. The van der Waals surface area contributed by atoms with Crippen molar-refractivity contribution in [3.05, 3.63) is 35.4 Å². The summed E-state index contributed by atoms with van der Waals surface area (Å²) in [5.41, 5.74) is 1.60. The maximum absolute atomic E-state index is 11.1. The molecule has 0 spiro atoms. The topological polar surface area (TPSA) is 17.1 Å². The van der Waals surface area contributed by atoms with Gasteiger partial charge in [0.2, 0.25) is 0 Å². The molecule has 0 atom stereocenters. The van der Waals surface area contributed by atoms with Crippen LogP contribution in [-0.4, -0.2) is 5.78 Å². The average Bonchev–Trinajstić information content (AvgIpc) is 2.34. The molecule has 0 aliphatic heterocycles. The third kappa shape index (κ3) is 5.37. The molecule has 0 radical (unpaired) electrons. The molecular formula is C17H18O. The summed E-state index contributed by atoms with van der Waals surface area (Å²) in [7, 11) is 0. The number of carbonyl (C=O) groups is 1. The van der Waals surface area contributed by atoms with Gasteiger partial charge in [-0.3, -0.25) is 4.79 Å². The van der Waals surface area contributed by atoms with E-state index in [1.54, 1.807) is 19.1 Å². The first-order valence-corrected chi connectivity index (χ1v) is 6.19. The SMILES string of the molecule is CC(=O)c1ccc(C#CC#CCCC(C)C)cc1. The summed E-state index contributed by atoms with van der Waals surface area (Å²) >= 11 is 0. The van der Waals surface area contributed by atoms with Gasteiger partial charge in [-0.25, -0.2) is 0 Å². The van der Waals surface area contributed by atoms with Crippen molar-refractivity contribution in [2.24, 2.45) is 5.92 Å². The zero-order chi connectivity index (χ0) is 13.4. The fourth-order valence-electron chi connectivity index (χ4n) is 1.36. The van der Waals surface area contributed by atoms with Crippen LogP contribution in [0.2, 0.25) is 0 Å². The Kier molecular flexibility index (Phi) is 5.75. The number of hydrogen-bond donors (Lipinski definition) is 0. The highest BCUT2D eigenvalue weighted by Gasteiger charge is 1.96. The van der Waals surface area contributed by atoms with Crippen molar-refractivity contribution in [3.63, 3.8) is 0 Å². The first-order chi connectivity index (χ1) is 8.59. The largest absolute Gasteiger partial charge is 0.295 e. The Morgan fingerprint density at radius 2 is 1.83 bits per heavy atom. The lowest BCUT2D eigenvalue weighted by atomic mass is 10.1. The number of Topliss-reactive ketones (excluding diaryl/α,β-unsaturated/α-hetero) is 1. The van der Waals surface area contributed by atoms with Crippen molar-refractivity contribution in [1.82, 2.24) is 0 Å². The van der Waals surface area contributed by atoms with Gasteiger partial charge >= 0.3 is 0 Å². The van der Waals surface area contributed by atoms with Gasteiger partial charge in [-0.2, -0.15) is 0 Å². The Bertz CT molecular complexity index is 513. The van der Waals surface area contributed by atoms with E-state index >= 15 is 0 Å². The first kappa shape index (κ1) is 14.1. The maximum Gasteiger partial charge on any atom is 0.159 e. The molecule has 0 N–H and O–H groups in total. The Morgan fingerprint density at radius 1 is 1.17 bits per heavy atom. The molecule has 0 aliphatic rings. The average molecular weight is 238 g/mol. The maximum atomic E-state index is 11.1. The summed E-state index contributed by atoms with van der Waals surface area (Å²) in [6.07, 6.45) is 2.01. The fourth-order valence-corrected chi connectivity index (χ4v) is 1.36. The van der Waals surface area contributed by atoms with E-state index in [-0.39, 0.29) is 5.78 Å². The van der Waals surface area contributed by atoms with Gasteiger partial charge in [-0.05, 0) is 43.2 Å². The summed E-state index contributed by atoms with van der Waals surface area (Å²) < 4.78 is 0. The third-order valence-corrected chi connectivity index (χ3v) is 2.50. The molecular weight excluding hydrogens is 220 g/mol. The van der Waals surface area contributed by atoms with E-state index in [1.807, 2.05) is 12.1 Å². The second-order valence-corrected chi connectivity index (χ2v) is 4.62. The molecule has 18 heavy (non-hydrogen) atoms. The van der Waals surface area contributed by atoms with Crippen LogP contribution in [0.4, 0.5) is 0 Å². The van der Waals surface area contributed by atoms with Crippen molar-refractivity contribution in [2.45, 2.75) is 33.6 Å². The predicted octanol–water partition coefficient (Wildman–Crippen LogP) is 3.68. The van der Waals surface area contributed by atoms with Gasteiger partial charge in [0.1, 0.15) is 0 Å². The zero-order valence-corrected chi connectivity index (χ0v) is 11.2. The molecule has 0 amide bonds. The minimum absolute atomic E-state index is 0.0722. The van der Waals surface area contributed by atoms with Crippen molar-refractivity contribution >= 4 is 5.78 Å². The van der Waals surface area contributed by atoms with Crippen molar-refractivity contribution in [3.8, 4) is 23.7 Å². The van der Waals surface area contributed by atoms with E-state index in [0.29, 0.717) is 11.5 Å². The monoisotopic (exact) mass is 238 g/mol. The van der Waals surface area contributed by atoms with E-state index in [4.69, 9.17) is 0 Å². The summed E-state index contributed by atoms with van der Waals surface area (Å²) in [6.45, 7) is 5.93.